The molecule has 0 saturated carbocycles. The monoisotopic (exact) mass is 498 g/mol. The number of carbonyl (C=O) groups is 1. The van der Waals surface area contributed by atoms with Crippen LogP contribution < -0.4 is 10.1 Å². The molecule has 8 heteroatoms. The Labute approximate surface area is 214 Å². The van der Waals surface area contributed by atoms with Gasteiger partial charge in [-0.1, -0.05) is 59.3 Å². The Morgan fingerprint density at radius 2 is 1.81 bits per heavy atom. The van der Waals surface area contributed by atoms with Crippen LogP contribution in [0.1, 0.15) is 42.5 Å². The van der Waals surface area contributed by atoms with Crippen LogP contribution in [0.15, 0.2) is 83.0 Å². The number of carbonyl (C=O) groups excluding carboxylic acids is 1. The SMILES string of the molecule is CCOc1ccc(CN2C(=O)NC(c3cccc(F)c3)C(c3nc(-c4ccc(C)cc4)no3)=C2C)cc1. The minimum Gasteiger partial charge on any atom is -0.494 e. The molecule has 37 heavy (non-hydrogen) atoms. The maximum absolute atomic E-state index is 14.2. The zero-order valence-electron chi connectivity index (χ0n) is 20.9. The molecule has 0 fully saturated rings. The number of hydrogen-bond acceptors (Lipinski definition) is 5. The molecule has 0 spiro atoms. The Balaban J connectivity index is 1.55. The van der Waals surface area contributed by atoms with Crippen molar-refractivity contribution < 1.29 is 18.4 Å². The van der Waals surface area contributed by atoms with E-state index < -0.39 is 11.9 Å². The number of halogens is 1. The number of ether oxygens (including phenoxy) is 1. The molecule has 5 rings (SSSR count). The van der Waals surface area contributed by atoms with Gasteiger partial charge in [0, 0.05) is 11.3 Å². The van der Waals surface area contributed by atoms with Crippen molar-refractivity contribution in [3.05, 3.63) is 107 Å². The van der Waals surface area contributed by atoms with Crippen molar-refractivity contribution in [2.75, 3.05) is 6.61 Å². The highest BCUT2D eigenvalue weighted by atomic mass is 19.1. The van der Waals surface area contributed by atoms with Crippen LogP contribution in [0.2, 0.25) is 0 Å². The van der Waals surface area contributed by atoms with Gasteiger partial charge in [-0.2, -0.15) is 4.98 Å². The fraction of sp³-hybridized carbons (Fsp3) is 0.207. The van der Waals surface area contributed by atoms with E-state index in [0.717, 1.165) is 22.4 Å². The lowest BCUT2D eigenvalue weighted by Gasteiger charge is -2.35. The van der Waals surface area contributed by atoms with Gasteiger partial charge in [-0.25, -0.2) is 9.18 Å². The maximum atomic E-state index is 14.2. The molecule has 0 radical (unpaired) electrons. The average molecular weight is 499 g/mol. The van der Waals surface area contributed by atoms with Crippen molar-refractivity contribution in [2.45, 2.75) is 33.4 Å². The molecule has 1 unspecified atom stereocenters. The van der Waals surface area contributed by atoms with E-state index in [1.165, 1.54) is 12.1 Å². The number of aromatic nitrogens is 2. The summed E-state index contributed by atoms with van der Waals surface area (Å²) >= 11 is 0. The van der Waals surface area contributed by atoms with Gasteiger partial charge in [0.2, 0.25) is 5.82 Å². The third-order valence-electron chi connectivity index (χ3n) is 6.32. The van der Waals surface area contributed by atoms with Crippen LogP contribution in [-0.2, 0) is 6.54 Å². The van der Waals surface area contributed by atoms with Gasteiger partial charge >= 0.3 is 6.03 Å². The van der Waals surface area contributed by atoms with Gasteiger partial charge in [-0.05, 0) is 56.2 Å². The molecular formula is C29H27FN4O3. The van der Waals surface area contributed by atoms with E-state index in [1.54, 1.807) is 17.0 Å². The number of nitrogens with zero attached hydrogens (tertiary/aromatic N) is 3. The summed E-state index contributed by atoms with van der Waals surface area (Å²) in [5, 5.41) is 7.19. The lowest BCUT2D eigenvalue weighted by atomic mass is 9.94. The van der Waals surface area contributed by atoms with Gasteiger partial charge in [-0.15, -0.1) is 0 Å². The first kappa shape index (κ1) is 24.2. The molecule has 0 saturated heterocycles. The number of hydrogen-bond donors (Lipinski definition) is 1. The van der Waals surface area contributed by atoms with Crippen LogP contribution in [0.5, 0.6) is 5.75 Å². The molecule has 188 valence electrons. The van der Waals surface area contributed by atoms with E-state index in [1.807, 2.05) is 69.3 Å². The highest BCUT2D eigenvalue weighted by Crippen LogP contribution is 2.38. The lowest BCUT2D eigenvalue weighted by molar-refractivity contribution is 0.203. The largest absolute Gasteiger partial charge is 0.494 e. The molecule has 1 N–H and O–H groups in total. The Hall–Kier alpha value is -4.46. The van der Waals surface area contributed by atoms with Crippen molar-refractivity contribution >= 4 is 11.6 Å². The van der Waals surface area contributed by atoms with E-state index in [-0.39, 0.29) is 11.9 Å². The number of urea groups is 1. The highest BCUT2D eigenvalue weighted by molar-refractivity contribution is 5.86. The van der Waals surface area contributed by atoms with Crippen molar-refractivity contribution in [1.29, 1.82) is 0 Å². The minimum absolute atomic E-state index is 0.263. The van der Waals surface area contributed by atoms with Crippen molar-refractivity contribution in [3.63, 3.8) is 0 Å². The second kappa shape index (κ2) is 10.3. The summed E-state index contributed by atoms with van der Waals surface area (Å²) in [5.74, 6) is 1.07. The zero-order chi connectivity index (χ0) is 25.9. The second-order valence-electron chi connectivity index (χ2n) is 8.89. The third kappa shape index (κ3) is 5.09. The summed E-state index contributed by atoms with van der Waals surface area (Å²) in [6.07, 6.45) is 0. The summed E-state index contributed by atoms with van der Waals surface area (Å²) < 4.78 is 25.4. The summed E-state index contributed by atoms with van der Waals surface area (Å²) in [5.41, 5.74) is 4.70. The van der Waals surface area contributed by atoms with E-state index in [4.69, 9.17) is 9.26 Å². The first-order valence-corrected chi connectivity index (χ1v) is 12.1. The van der Waals surface area contributed by atoms with Gasteiger partial charge < -0.3 is 14.6 Å². The molecule has 2 heterocycles. The average Bonchev–Trinajstić information content (AvgIpc) is 3.37. The van der Waals surface area contributed by atoms with Gasteiger partial charge in [0.1, 0.15) is 11.6 Å². The molecule has 1 aliphatic rings. The summed E-state index contributed by atoms with van der Waals surface area (Å²) in [4.78, 5) is 19.6. The van der Waals surface area contributed by atoms with Crippen LogP contribution in [0, 0.1) is 12.7 Å². The van der Waals surface area contributed by atoms with Gasteiger partial charge in [0.05, 0.1) is 24.8 Å². The second-order valence-corrected chi connectivity index (χ2v) is 8.89. The number of aryl methyl sites for hydroxylation is 1. The number of nitrogens with one attached hydrogen (secondary N) is 1. The lowest BCUT2D eigenvalue weighted by Crippen LogP contribution is -2.45. The van der Waals surface area contributed by atoms with E-state index in [9.17, 15) is 9.18 Å². The normalized spacial score (nSPS) is 15.6. The predicted molar refractivity (Wildman–Crippen MR) is 138 cm³/mol. The molecule has 3 aromatic carbocycles. The summed E-state index contributed by atoms with van der Waals surface area (Å²) in [6.45, 7) is 6.67. The van der Waals surface area contributed by atoms with E-state index >= 15 is 0 Å². The molecule has 1 aromatic heterocycles. The number of amides is 2. The smallest absolute Gasteiger partial charge is 0.322 e. The number of rotatable bonds is 7. The highest BCUT2D eigenvalue weighted by Gasteiger charge is 2.36. The summed E-state index contributed by atoms with van der Waals surface area (Å²) in [7, 11) is 0. The summed E-state index contributed by atoms with van der Waals surface area (Å²) in [6, 6.07) is 20.6. The quantitative estimate of drug-likeness (QED) is 0.324. The Morgan fingerprint density at radius 3 is 2.51 bits per heavy atom. The molecule has 1 aliphatic heterocycles. The van der Waals surface area contributed by atoms with Gasteiger partial charge in [-0.3, -0.25) is 4.90 Å². The maximum Gasteiger partial charge on any atom is 0.322 e. The molecule has 1 atom stereocenters. The fourth-order valence-electron chi connectivity index (χ4n) is 4.38. The van der Waals surface area contributed by atoms with Gasteiger partial charge in [0.15, 0.2) is 0 Å². The van der Waals surface area contributed by atoms with Crippen LogP contribution in [0.4, 0.5) is 9.18 Å². The van der Waals surface area contributed by atoms with E-state index in [0.29, 0.717) is 35.8 Å². The molecule has 7 nitrogen and oxygen atoms in total. The Morgan fingerprint density at radius 1 is 1.05 bits per heavy atom. The third-order valence-corrected chi connectivity index (χ3v) is 6.32. The van der Waals surface area contributed by atoms with Crippen LogP contribution in [0.25, 0.3) is 17.0 Å². The standard InChI is InChI=1S/C29H27FN4O3/c1-4-36-24-14-10-20(11-15-24)17-34-19(3)25(26(31-29(34)35)22-6-5-7-23(30)16-22)28-32-27(33-37-28)21-12-8-18(2)9-13-21/h5-16,26H,4,17H2,1-3H3,(H,31,35). The molecular weight excluding hydrogens is 471 g/mol. The van der Waals surface area contributed by atoms with Gasteiger partial charge in [0.25, 0.3) is 5.89 Å². The number of allylic oxidation sites excluding steroid dienone is 1. The predicted octanol–water partition coefficient (Wildman–Crippen LogP) is 6.28. The first-order chi connectivity index (χ1) is 17.9. The van der Waals surface area contributed by atoms with Crippen molar-refractivity contribution in [1.82, 2.24) is 20.4 Å². The van der Waals surface area contributed by atoms with Crippen LogP contribution in [-0.4, -0.2) is 27.7 Å². The number of benzene rings is 3. The Bertz CT molecular complexity index is 1440. The Kier molecular flexibility index (Phi) is 6.72. The van der Waals surface area contributed by atoms with Crippen LogP contribution >= 0.6 is 0 Å². The van der Waals surface area contributed by atoms with Crippen molar-refractivity contribution in [3.8, 4) is 17.1 Å². The van der Waals surface area contributed by atoms with Crippen molar-refractivity contribution in [2.24, 2.45) is 0 Å². The minimum atomic E-state index is -0.661. The molecule has 2 amide bonds. The molecule has 0 bridgehead atoms. The first-order valence-electron chi connectivity index (χ1n) is 12.1. The fourth-order valence-corrected chi connectivity index (χ4v) is 4.38. The van der Waals surface area contributed by atoms with E-state index in [2.05, 4.69) is 15.5 Å². The topological polar surface area (TPSA) is 80.5 Å². The molecule has 0 aliphatic carbocycles. The molecule has 4 aromatic rings. The zero-order valence-corrected chi connectivity index (χ0v) is 20.9. The van der Waals surface area contributed by atoms with Crippen LogP contribution in [0.3, 0.4) is 0 Å².